The van der Waals surface area contributed by atoms with Gasteiger partial charge in [-0.05, 0) is 37.6 Å². The molecule has 0 saturated carbocycles. The molecule has 0 aliphatic carbocycles. The Kier molecular flexibility index (Phi) is 5.35. The van der Waals surface area contributed by atoms with Gasteiger partial charge in [-0.25, -0.2) is 0 Å². The number of nitrogens with one attached hydrogen (secondary N) is 1. The smallest absolute Gasteiger partial charge is 0.254 e. The molecular weight excluding hydrogens is 306 g/mol. The number of ether oxygens (including phenoxy) is 1. The van der Waals surface area contributed by atoms with Gasteiger partial charge in [0.1, 0.15) is 5.75 Å². The first-order valence-corrected chi connectivity index (χ1v) is 8.62. The van der Waals surface area contributed by atoms with Crippen LogP contribution in [0.3, 0.4) is 0 Å². The maximum absolute atomic E-state index is 12.6. The Hall–Kier alpha value is -2.08. The zero-order valence-electron chi connectivity index (χ0n) is 14.2. The van der Waals surface area contributed by atoms with E-state index in [1.54, 1.807) is 19.2 Å². The molecule has 130 valence electrons. The summed E-state index contributed by atoms with van der Waals surface area (Å²) in [5.41, 5.74) is 0.630. The first-order valence-electron chi connectivity index (χ1n) is 8.62. The predicted molar refractivity (Wildman–Crippen MR) is 91.1 cm³/mol. The lowest BCUT2D eigenvalue weighted by Crippen LogP contribution is -2.53. The third-order valence-electron chi connectivity index (χ3n) is 4.84. The van der Waals surface area contributed by atoms with Crippen molar-refractivity contribution in [1.29, 1.82) is 0 Å². The summed E-state index contributed by atoms with van der Waals surface area (Å²) < 4.78 is 5.18. The molecular formula is C18H25N3O3. The molecule has 6 nitrogen and oxygen atoms in total. The van der Waals surface area contributed by atoms with E-state index in [0.29, 0.717) is 37.5 Å². The van der Waals surface area contributed by atoms with Crippen molar-refractivity contribution in [1.82, 2.24) is 15.1 Å². The van der Waals surface area contributed by atoms with E-state index in [1.165, 1.54) is 0 Å². The van der Waals surface area contributed by atoms with E-state index in [0.717, 1.165) is 25.9 Å². The number of amides is 2. The number of nitrogens with zero attached hydrogens (tertiary/aromatic N) is 2. The van der Waals surface area contributed by atoms with Crippen LogP contribution >= 0.6 is 0 Å². The maximum atomic E-state index is 12.6. The summed E-state index contributed by atoms with van der Waals surface area (Å²) in [6.07, 6.45) is 2.03. The molecule has 2 aliphatic rings. The minimum atomic E-state index is 0.000307. The number of piperidine rings is 1. The van der Waals surface area contributed by atoms with Crippen LogP contribution in [0.5, 0.6) is 5.75 Å². The van der Waals surface area contributed by atoms with Crippen LogP contribution in [0.1, 0.15) is 23.2 Å². The molecule has 2 amide bonds. The highest BCUT2D eigenvalue weighted by molar-refractivity contribution is 5.94. The third-order valence-corrected chi connectivity index (χ3v) is 4.84. The fraction of sp³-hybridized carbons (Fsp3) is 0.556. The molecule has 1 aromatic rings. The largest absolute Gasteiger partial charge is 0.497 e. The molecule has 1 N–H and O–H groups in total. The lowest BCUT2D eigenvalue weighted by molar-refractivity contribution is -0.137. The van der Waals surface area contributed by atoms with Crippen LogP contribution in [0, 0.1) is 5.92 Å². The molecule has 0 spiro atoms. The summed E-state index contributed by atoms with van der Waals surface area (Å²) in [5.74, 6) is 1.01. The lowest BCUT2D eigenvalue weighted by atomic mass is 9.98. The molecule has 0 radical (unpaired) electrons. The quantitative estimate of drug-likeness (QED) is 0.897. The zero-order chi connectivity index (χ0) is 16.9. The van der Waals surface area contributed by atoms with Crippen molar-refractivity contribution in [3.63, 3.8) is 0 Å². The highest BCUT2D eigenvalue weighted by Gasteiger charge is 2.29. The molecule has 2 aliphatic heterocycles. The molecule has 2 heterocycles. The Balaban J connectivity index is 1.56. The molecule has 1 atom stereocenters. The Morgan fingerprint density at radius 3 is 2.58 bits per heavy atom. The number of rotatable bonds is 3. The summed E-state index contributed by atoms with van der Waals surface area (Å²) in [5, 5.41) is 3.29. The van der Waals surface area contributed by atoms with Crippen molar-refractivity contribution in [2.75, 3.05) is 46.4 Å². The molecule has 3 rings (SSSR count). The van der Waals surface area contributed by atoms with Gasteiger partial charge >= 0.3 is 0 Å². The number of hydrogen-bond donors (Lipinski definition) is 1. The first-order chi connectivity index (χ1) is 11.7. The van der Waals surface area contributed by atoms with Gasteiger partial charge in [0.05, 0.1) is 13.0 Å². The predicted octanol–water partition coefficient (Wildman–Crippen LogP) is 0.979. The molecule has 2 saturated heterocycles. The van der Waals surface area contributed by atoms with Crippen LogP contribution in [0.25, 0.3) is 0 Å². The normalized spacial score (nSPS) is 21.5. The van der Waals surface area contributed by atoms with E-state index in [-0.39, 0.29) is 17.7 Å². The average molecular weight is 331 g/mol. The first kappa shape index (κ1) is 16.8. The van der Waals surface area contributed by atoms with Crippen molar-refractivity contribution in [3.8, 4) is 5.75 Å². The summed E-state index contributed by atoms with van der Waals surface area (Å²) in [6, 6.07) is 7.21. The summed E-state index contributed by atoms with van der Waals surface area (Å²) in [7, 11) is 1.59. The second-order valence-corrected chi connectivity index (χ2v) is 6.39. The van der Waals surface area contributed by atoms with Gasteiger partial charge in [-0.3, -0.25) is 9.59 Å². The third kappa shape index (κ3) is 3.70. The second kappa shape index (κ2) is 7.66. The van der Waals surface area contributed by atoms with Crippen molar-refractivity contribution in [2.24, 2.45) is 5.92 Å². The summed E-state index contributed by atoms with van der Waals surface area (Å²) >= 11 is 0. The lowest BCUT2D eigenvalue weighted by Gasteiger charge is -2.37. The topological polar surface area (TPSA) is 61.9 Å². The number of carbonyl (C=O) groups is 2. The van der Waals surface area contributed by atoms with Crippen LogP contribution in [0.4, 0.5) is 0 Å². The summed E-state index contributed by atoms with van der Waals surface area (Å²) in [4.78, 5) is 28.9. The van der Waals surface area contributed by atoms with E-state index in [4.69, 9.17) is 4.74 Å². The van der Waals surface area contributed by atoms with E-state index in [9.17, 15) is 9.59 Å². The number of piperazine rings is 1. The molecule has 6 heteroatoms. The van der Waals surface area contributed by atoms with Gasteiger partial charge in [0.25, 0.3) is 5.91 Å². The molecule has 1 unspecified atom stereocenters. The Morgan fingerprint density at radius 1 is 1.17 bits per heavy atom. The minimum absolute atomic E-state index is 0.000307. The van der Waals surface area contributed by atoms with Crippen molar-refractivity contribution in [3.05, 3.63) is 29.8 Å². The van der Waals surface area contributed by atoms with Gasteiger partial charge in [0.15, 0.2) is 0 Å². The van der Waals surface area contributed by atoms with Crippen molar-refractivity contribution < 1.29 is 14.3 Å². The van der Waals surface area contributed by atoms with E-state index in [1.807, 2.05) is 21.9 Å². The SMILES string of the molecule is COc1cccc(C(=O)N2CCN(C(=O)C3CCCNC3)CC2)c1. The van der Waals surface area contributed by atoms with Gasteiger partial charge in [-0.1, -0.05) is 6.07 Å². The van der Waals surface area contributed by atoms with Crippen LogP contribution < -0.4 is 10.1 Å². The molecule has 0 bridgehead atoms. The Labute approximate surface area is 142 Å². The number of benzene rings is 1. The van der Waals surface area contributed by atoms with Crippen LogP contribution in [0.2, 0.25) is 0 Å². The van der Waals surface area contributed by atoms with E-state index >= 15 is 0 Å². The Morgan fingerprint density at radius 2 is 1.92 bits per heavy atom. The fourth-order valence-electron chi connectivity index (χ4n) is 3.39. The van der Waals surface area contributed by atoms with Crippen molar-refractivity contribution >= 4 is 11.8 Å². The molecule has 0 aromatic heterocycles. The van der Waals surface area contributed by atoms with Crippen LogP contribution in [0.15, 0.2) is 24.3 Å². The average Bonchev–Trinajstić information content (AvgIpc) is 2.67. The van der Waals surface area contributed by atoms with Gasteiger partial charge in [-0.15, -0.1) is 0 Å². The van der Waals surface area contributed by atoms with Gasteiger partial charge in [0, 0.05) is 38.3 Å². The van der Waals surface area contributed by atoms with E-state index in [2.05, 4.69) is 5.32 Å². The highest BCUT2D eigenvalue weighted by atomic mass is 16.5. The molecule has 1 aromatic carbocycles. The molecule has 2 fully saturated rings. The van der Waals surface area contributed by atoms with E-state index < -0.39 is 0 Å². The fourth-order valence-corrected chi connectivity index (χ4v) is 3.39. The monoisotopic (exact) mass is 331 g/mol. The molecule has 24 heavy (non-hydrogen) atoms. The standard InChI is InChI=1S/C18H25N3O3/c1-24-16-6-2-4-14(12-16)17(22)20-8-10-21(11-9-20)18(23)15-5-3-7-19-13-15/h2,4,6,12,15,19H,3,5,7-11,13H2,1H3. The maximum Gasteiger partial charge on any atom is 0.254 e. The number of methoxy groups -OCH3 is 1. The van der Waals surface area contributed by atoms with Gasteiger partial charge in [0.2, 0.25) is 5.91 Å². The van der Waals surface area contributed by atoms with Gasteiger partial charge < -0.3 is 19.9 Å². The highest BCUT2D eigenvalue weighted by Crippen LogP contribution is 2.18. The Bertz CT molecular complexity index is 591. The minimum Gasteiger partial charge on any atom is -0.497 e. The number of hydrogen-bond acceptors (Lipinski definition) is 4. The van der Waals surface area contributed by atoms with Crippen LogP contribution in [-0.2, 0) is 4.79 Å². The second-order valence-electron chi connectivity index (χ2n) is 6.39. The zero-order valence-corrected chi connectivity index (χ0v) is 14.2. The number of carbonyl (C=O) groups excluding carboxylic acids is 2. The summed E-state index contributed by atoms with van der Waals surface area (Å²) in [6.45, 7) is 4.19. The van der Waals surface area contributed by atoms with Crippen LogP contribution in [-0.4, -0.2) is 68.0 Å². The van der Waals surface area contributed by atoms with Gasteiger partial charge in [-0.2, -0.15) is 0 Å². The van der Waals surface area contributed by atoms with Crippen molar-refractivity contribution in [2.45, 2.75) is 12.8 Å².